The van der Waals surface area contributed by atoms with Gasteiger partial charge in [0.25, 0.3) is 0 Å². The van der Waals surface area contributed by atoms with E-state index in [0.29, 0.717) is 35.7 Å². The smallest absolute Gasteiger partial charge is 0.222 e. The number of ether oxygens (including phenoxy) is 1. The molecule has 0 unspecified atom stereocenters. The number of carbonyl (C=O) groups is 4. The van der Waals surface area contributed by atoms with Gasteiger partial charge in [-0.1, -0.05) is 237 Å². The number of carbonyl (C=O) groups excluding carboxylic acids is 4. The molecule has 514 valence electrons. The van der Waals surface area contributed by atoms with Crippen molar-refractivity contribution < 1.29 is 23.9 Å². The van der Waals surface area contributed by atoms with Crippen LogP contribution < -0.4 is 4.74 Å². The van der Waals surface area contributed by atoms with Gasteiger partial charge in [0.05, 0.1) is 6.61 Å². The highest BCUT2D eigenvalue weighted by Gasteiger charge is 2.15. The second kappa shape index (κ2) is 72.5. The van der Waals surface area contributed by atoms with E-state index >= 15 is 0 Å². The molecular formula is C76H154N4O5S. The monoisotopic (exact) mass is 1240 g/mol. The molecule has 0 spiro atoms. The number of thioether (sulfide) groups is 1. The molecular weight excluding hydrogens is 1080 g/mol. The van der Waals surface area contributed by atoms with Crippen molar-refractivity contribution in [2.24, 2.45) is 52.8 Å². The summed E-state index contributed by atoms with van der Waals surface area (Å²) in [5, 5.41) is 0. The van der Waals surface area contributed by atoms with E-state index in [2.05, 4.69) is 167 Å². The standard InChI is InChI=1S/C12H24O.C11H17N.C10H15NO.C9H19NO.C8H16O.C8H18S.C8H18.C7H15NO.3CH4/c1-10(2)7-6-8-11(13)9-12(3,4)5;1-10(2)6-5-8-11-7-3-4-9-12-11;1-9(2)6-8-12-10-5-3-4-7-11-10;1-8(2)6-5-7-9(11)10(3)4;1-7(2)5-4-6-8(3)9;1-8(2)6-4-5-7-9-3;1-4-5-6-7-8(2)3;1-7(2)4-5-8(3)6-9;;;/h10H,6-9H2,1-5H3;3-4,7,9-10H,5-6,8H2,1-2H3;3-5,7,9H,6,8H2,1-2H3;8H,5-7H2,1-4H3;7H,4-6H2,1-3H3;8H,4-7H2,1-3H3;8H,4-7H2,1-3H3;6-7H,4-5H2,1-3H3;3*1H4. The molecule has 2 amide bonds. The molecule has 0 fully saturated rings. The van der Waals surface area contributed by atoms with Crippen molar-refractivity contribution in [2.45, 2.75) is 309 Å². The van der Waals surface area contributed by atoms with Gasteiger partial charge in [0.15, 0.2) is 0 Å². The molecule has 10 heteroatoms. The zero-order valence-electron chi connectivity index (χ0n) is 59.7. The Balaban J connectivity index is -0.000000113. The topological polar surface area (TPSA) is 110 Å². The first-order chi connectivity index (χ1) is 38.8. The van der Waals surface area contributed by atoms with Crippen LogP contribution in [0.25, 0.3) is 0 Å². The largest absolute Gasteiger partial charge is 0.478 e. The number of Topliss-reactive ketones (excluding diaryl/α,β-unsaturated/α-hetero) is 2. The minimum Gasteiger partial charge on any atom is -0.478 e. The van der Waals surface area contributed by atoms with E-state index in [0.717, 1.165) is 119 Å². The lowest BCUT2D eigenvalue weighted by Crippen LogP contribution is -2.21. The molecule has 0 aliphatic rings. The number of aryl methyl sites for hydroxylation is 1. The molecule has 2 aromatic rings. The average molecular weight is 1240 g/mol. The summed E-state index contributed by atoms with van der Waals surface area (Å²) in [4.78, 5) is 54.6. The fraction of sp³-hybridized carbons (Fsp3) is 0.816. The maximum Gasteiger partial charge on any atom is 0.222 e. The lowest BCUT2D eigenvalue weighted by molar-refractivity contribution is -0.129. The van der Waals surface area contributed by atoms with E-state index in [9.17, 15) is 19.2 Å². The first kappa shape index (κ1) is 102. The highest BCUT2D eigenvalue weighted by molar-refractivity contribution is 7.98. The van der Waals surface area contributed by atoms with Crippen LogP contribution in [0.15, 0.2) is 48.8 Å². The molecule has 0 aliphatic carbocycles. The summed E-state index contributed by atoms with van der Waals surface area (Å²) in [5.41, 5.74) is 1.38. The second-order valence-electron chi connectivity index (χ2n) is 27.5. The molecule has 0 atom stereocenters. The summed E-state index contributed by atoms with van der Waals surface area (Å²) in [5.74, 6) is 9.21. The third-order valence-corrected chi connectivity index (χ3v) is 13.2. The summed E-state index contributed by atoms with van der Waals surface area (Å²) in [6.45, 7) is 47.4. The van der Waals surface area contributed by atoms with E-state index in [1.54, 1.807) is 44.1 Å². The van der Waals surface area contributed by atoms with Crippen LogP contribution in [0.5, 0.6) is 5.88 Å². The van der Waals surface area contributed by atoms with Crippen LogP contribution in [-0.4, -0.2) is 90.0 Å². The van der Waals surface area contributed by atoms with Crippen molar-refractivity contribution in [1.82, 2.24) is 19.8 Å². The summed E-state index contributed by atoms with van der Waals surface area (Å²) in [6.07, 6.45) is 31.9. The number of hydrogen-bond acceptors (Lipinski definition) is 8. The Bertz CT molecular complexity index is 1590. The molecule has 0 saturated carbocycles. The number of ketones is 2. The predicted octanol–water partition coefficient (Wildman–Crippen LogP) is 23.1. The van der Waals surface area contributed by atoms with Gasteiger partial charge in [-0.05, 0) is 141 Å². The van der Waals surface area contributed by atoms with Crippen LogP contribution >= 0.6 is 11.8 Å². The molecule has 86 heavy (non-hydrogen) atoms. The van der Waals surface area contributed by atoms with Crippen LogP contribution in [0.3, 0.4) is 0 Å². The van der Waals surface area contributed by atoms with Gasteiger partial charge in [0.1, 0.15) is 11.6 Å². The normalized spacial score (nSPS) is 10.2. The molecule has 0 saturated heterocycles. The van der Waals surface area contributed by atoms with Gasteiger partial charge in [-0.2, -0.15) is 11.8 Å². The molecule has 0 aromatic carbocycles. The lowest BCUT2D eigenvalue weighted by atomic mass is 9.88. The maximum absolute atomic E-state index is 11.4. The van der Waals surface area contributed by atoms with Crippen molar-refractivity contribution in [3.8, 4) is 5.88 Å². The van der Waals surface area contributed by atoms with Crippen molar-refractivity contribution >= 4 is 35.6 Å². The number of aromatic nitrogens is 2. The lowest BCUT2D eigenvalue weighted by Gasteiger charge is -2.16. The number of nitrogens with zero attached hydrogens (tertiary/aromatic N) is 4. The van der Waals surface area contributed by atoms with Gasteiger partial charge in [0.2, 0.25) is 18.2 Å². The third-order valence-electron chi connectivity index (χ3n) is 12.5. The van der Waals surface area contributed by atoms with Crippen molar-refractivity contribution in [2.75, 3.05) is 46.3 Å². The fourth-order valence-corrected chi connectivity index (χ4v) is 7.71. The Labute approximate surface area is 544 Å². The van der Waals surface area contributed by atoms with Gasteiger partial charge in [-0.3, -0.25) is 19.4 Å². The van der Waals surface area contributed by atoms with Gasteiger partial charge >= 0.3 is 0 Å². The van der Waals surface area contributed by atoms with E-state index in [-0.39, 0.29) is 33.6 Å². The number of amides is 2. The van der Waals surface area contributed by atoms with Crippen LogP contribution in [-0.2, 0) is 25.6 Å². The highest BCUT2D eigenvalue weighted by atomic mass is 32.2. The van der Waals surface area contributed by atoms with E-state index in [1.807, 2.05) is 42.2 Å². The van der Waals surface area contributed by atoms with Crippen molar-refractivity contribution in [1.29, 1.82) is 0 Å². The van der Waals surface area contributed by atoms with E-state index in [1.165, 1.54) is 82.1 Å². The Morgan fingerprint density at radius 3 is 1.34 bits per heavy atom. The first-order valence-electron chi connectivity index (χ1n) is 33.1. The maximum atomic E-state index is 11.4. The van der Waals surface area contributed by atoms with Gasteiger partial charge in [-0.15, -0.1) is 0 Å². The summed E-state index contributed by atoms with van der Waals surface area (Å²) in [7, 11) is 5.41. The molecule has 0 N–H and O–H groups in total. The first-order valence-corrected chi connectivity index (χ1v) is 34.4. The molecule has 0 bridgehead atoms. The molecule has 2 aromatic heterocycles. The van der Waals surface area contributed by atoms with Crippen LogP contribution in [0.1, 0.15) is 308 Å². The number of unbranched alkanes of at least 4 members (excludes halogenated alkanes) is 3. The number of pyridine rings is 2. The van der Waals surface area contributed by atoms with Crippen LogP contribution in [0.2, 0.25) is 0 Å². The minimum atomic E-state index is 0. The SMILES string of the molecule is C.C.C.CC(=O)CCCC(C)C.CC(C)CCCC(=O)CC(C)(C)C.CC(C)CCCC(=O)N(C)C.CC(C)CCCc1ccccn1.CC(C)CCN(C)C=O.CC(C)CCOc1ccccn1.CCCCCC(C)C.CSCCCCC(C)C. The predicted molar refractivity (Wildman–Crippen MR) is 390 cm³/mol. The third kappa shape index (κ3) is 106. The summed E-state index contributed by atoms with van der Waals surface area (Å²) >= 11 is 1.95. The molecule has 2 heterocycles. The van der Waals surface area contributed by atoms with Crippen LogP contribution in [0.4, 0.5) is 0 Å². The van der Waals surface area contributed by atoms with Crippen molar-refractivity contribution in [3.05, 3.63) is 54.5 Å². The van der Waals surface area contributed by atoms with E-state index in [4.69, 9.17) is 4.74 Å². The Kier molecular flexibility index (Phi) is 85.7. The number of rotatable bonds is 34. The van der Waals surface area contributed by atoms with Gasteiger partial charge in [-0.25, -0.2) is 4.98 Å². The van der Waals surface area contributed by atoms with Crippen molar-refractivity contribution in [3.63, 3.8) is 0 Å². The zero-order valence-corrected chi connectivity index (χ0v) is 60.5. The quantitative estimate of drug-likeness (QED) is 0.0503. The van der Waals surface area contributed by atoms with Gasteiger partial charge < -0.3 is 19.3 Å². The molecule has 0 aliphatic heterocycles. The second-order valence-corrected chi connectivity index (χ2v) is 28.5. The Morgan fingerprint density at radius 2 is 0.965 bits per heavy atom. The van der Waals surface area contributed by atoms with Crippen LogP contribution in [0, 0.1) is 52.8 Å². The average Bonchev–Trinajstić information content (AvgIpc) is 3.38. The minimum absolute atomic E-state index is 0. The van der Waals surface area contributed by atoms with Gasteiger partial charge in [0, 0.05) is 77.5 Å². The fourth-order valence-electron chi connectivity index (χ4n) is 7.22. The Hall–Kier alpha value is -3.27. The summed E-state index contributed by atoms with van der Waals surface area (Å²) < 4.78 is 5.41. The highest BCUT2D eigenvalue weighted by Crippen LogP contribution is 2.21. The summed E-state index contributed by atoms with van der Waals surface area (Å²) in [6, 6.07) is 11.8. The molecule has 0 radical (unpaired) electrons. The number of hydrogen-bond donors (Lipinski definition) is 0. The molecule has 2 rings (SSSR count). The zero-order chi connectivity index (χ0) is 65.0. The molecule has 9 nitrogen and oxygen atoms in total. The Morgan fingerprint density at radius 1 is 0.547 bits per heavy atom. The van der Waals surface area contributed by atoms with E-state index < -0.39 is 0 Å².